The maximum absolute atomic E-state index is 13.4. The Hall–Kier alpha value is -2.60. The first kappa shape index (κ1) is 16.3. The number of benzene rings is 2. The fourth-order valence-corrected chi connectivity index (χ4v) is 3.12. The third-order valence-electron chi connectivity index (χ3n) is 3.52. The minimum absolute atomic E-state index is 0.283. The molecule has 0 saturated carbocycles. The number of anilines is 1. The molecule has 3 rings (SSSR count). The molecule has 24 heavy (non-hydrogen) atoms. The first-order chi connectivity index (χ1) is 11.6. The first-order valence-electron chi connectivity index (χ1n) is 7.38. The average molecular weight is 344 g/mol. The van der Waals surface area contributed by atoms with E-state index < -0.39 is 11.6 Å². The maximum atomic E-state index is 13.4. The van der Waals surface area contributed by atoms with E-state index in [-0.39, 0.29) is 11.6 Å². The zero-order chi connectivity index (χ0) is 17.1. The number of thiazole rings is 1. The van der Waals surface area contributed by atoms with Crippen molar-refractivity contribution in [3.8, 4) is 10.6 Å². The van der Waals surface area contributed by atoms with Crippen LogP contribution >= 0.6 is 11.3 Å². The molecule has 0 aliphatic rings. The van der Waals surface area contributed by atoms with E-state index in [0.717, 1.165) is 22.7 Å². The standard InChI is InChI=1S/C18H14F2N2OS/c1-2-22(13-8-9-14(19)15(20)10-13)18(23)16-11-24-17(21-16)12-6-4-3-5-7-12/h3-11H,2H2,1H3. The summed E-state index contributed by atoms with van der Waals surface area (Å²) in [6.45, 7) is 2.09. The molecule has 0 aliphatic carbocycles. The lowest BCUT2D eigenvalue weighted by molar-refractivity contribution is 0.0984. The number of carbonyl (C=O) groups excluding carboxylic acids is 1. The highest BCUT2D eigenvalue weighted by atomic mass is 32.1. The molecule has 0 N–H and O–H groups in total. The summed E-state index contributed by atoms with van der Waals surface area (Å²) in [7, 11) is 0. The number of amides is 1. The van der Waals surface area contributed by atoms with Gasteiger partial charge in [-0.1, -0.05) is 30.3 Å². The van der Waals surface area contributed by atoms with Crippen LogP contribution in [0.5, 0.6) is 0 Å². The Morgan fingerprint density at radius 3 is 2.54 bits per heavy atom. The van der Waals surface area contributed by atoms with Gasteiger partial charge in [0.15, 0.2) is 11.6 Å². The van der Waals surface area contributed by atoms with Crippen molar-refractivity contribution >= 4 is 22.9 Å². The van der Waals surface area contributed by atoms with Crippen LogP contribution in [-0.4, -0.2) is 17.4 Å². The molecule has 122 valence electrons. The first-order valence-corrected chi connectivity index (χ1v) is 8.26. The number of hydrogen-bond acceptors (Lipinski definition) is 3. The van der Waals surface area contributed by atoms with E-state index in [1.165, 1.54) is 22.3 Å². The van der Waals surface area contributed by atoms with Crippen LogP contribution in [0.3, 0.4) is 0 Å². The SMILES string of the molecule is CCN(C(=O)c1csc(-c2ccccc2)n1)c1ccc(F)c(F)c1. The van der Waals surface area contributed by atoms with Crippen LogP contribution in [0.2, 0.25) is 0 Å². The minimum Gasteiger partial charge on any atom is -0.307 e. The predicted octanol–water partition coefficient (Wildman–Crippen LogP) is 4.76. The Bertz CT molecular complexity index is 864. The number of aromatic nitrogens is 1. The third-order valence-corrected chi connectivity index (χ3v) is 4.41. The number of nitrogens with zero attached hydrogens (tertiary/aromatic N) is 2. The van der Waals surface area contributed by atoms with Gasteiger partial charge in [-0.05, 0) is 19.1 Å². The van der Waals surface area contributed by atoms with E-state index in [1.54, 1.807) is 12.3 Å². The predicted molar refractivity (Wildman–Crippen MR) is 91.3 cm³/mol. The summed E-state index contributed by atoms with van der Waals surface area (Å²) in [5, 5.41) is 2.41. The highest BCUT2D eigenvalue weighted by Gasteiger charge is 2.20. The average Bonchev–Trinajstić information content (AvgIpc) is 3.09. The molecule has 0 bridgehead atoms. The van der Waals surface area contributed by atoms with Gasteiger partial charge >= 0.3 is 0 Å². The molecule has 2 aromatic carbocycles. The van der Waals surface area contributed by atoms with Crippen molar-refractivity contribution in [3.05, 3.63) is 71.2 Å². The lowest BCUT2D eigenvalue weighted by Crippen LogP contribution is -2.31. The summed E-state index contributed by atoms with van der Waals surface area (Å²) in [5.74, 6) is -2.27. The Kier molecular flexibility index (Phi) is 4.66. The zero-order valence-electron chi connectivity index (χ0n) is 12.9. The second-order valence-electron chi connectivity index (χ2n) is 5.05. The Morgan fingerprint density at radius 2 is 1.88 bits per heavy atom. The Balaban J connectivity index is 1.89. The molecule has 0 radical (unpaired) electrons. The van der Waals surface area contributed by atoms with Crippen LogP contribution < -0.4 is 4.90 Å². The smallest absolute Gasteiger partial charge is 0.277 e. The van der Waals surface area contributed by atoms with E-state index in [1.807, 2.05) is 30.3 Å². The topological polar surface area (TPSA) is 33.2 Å². The van der Waals surface area contributed by atoms with Gasteiger partial charge in [0.05, 0.1) is 0 Å². The van der Waals surface area contributed by atoms with Gasteiger partial charge in [-0.25, -0.2) is 13.8 Å². The second kappa shape index (κ2) is 6.88. The lowest BCUT2D eigenvalue weighted by Gasteiger charge is -2.20. The molecule has 0 atom stereocenters. The van der Waals surface area contributed by atoms with Gasteiger partial charge in [0, 0.05) is 29.2 Å². The minimum atomic E-state index is -0.984. The molecule has 1 heterocycles. The summed E-state index contributed by atoms with van der Waals surface area (Å²) >= 11 is 1.37. The van der Waals surface area contributed by atoms with Crippen LogP contribution in [-0.2, 0) is 0 Å². The highest BCUT2D eigenvalue weighted by molar-refractivity contribution is 7.13. The van der Waals surface area contributed by atoms with Crippen molar-refractivity contribution in [2.24, 2.45) is 0 Å². The van der Waals surface area contributed by atoms with Crippen molar-refractivity contribution in [1.82, 2.24) is 4.98 Å². The van der Waals surface area contributed by atoms with Crippen molar-refractivity contribution in [3.63, 3.8) is 0 Å². The van der Waals surface area contributed by atoms with Crippen molar-refractivity contribution < 1.29 is 13.6 Å². The van der Waals surface area contributed by atoms with Crippen molar-refractivity contribution in [2.75, 3.05) is 11.4 Å². The van der Waals surface area contributed by atoms with Gasteiger partial charge in [0.1, 0.15) is 10.7 Å². The molecular weight excluding hydrogens is 330 g/mol. The van der Waals surface area contributed by atoms with Crippen LogP contribution in [0.1, 0.15) is 17.4 Å². The maximum Gasteiger partial charge on any atom is 0.277 e. The van der Waals surface area contributed by atoms with Crippen LogP contribution in [0, 0.1) is 11.6 Å². The normalized spacial score (nSPS) is 10.6. The van der Waals surface area contributed by atoms with E-state index in [0.29, 0.717) is 12.2 Å². The third kappa shape index (κ3) is 3.19. The highest BCUT2D eigenvalue weighted by Crippen LogP contribution is 2.25. The fraction of sp³-hybridized carbons (Fsp3) is 0.111. The Morgan fingerprint density at radius 1 is 1.12 bits per heavy atom. The van der Waals surface area contributed by atoms with Crippen LogP contribution in [0.25, 0.3) is 10.6 Å². The molecule has 1 aromatic heterocycles. The van der Waals surface area contributed by atoms with Gasteiger partial charge < -0.3 is 4.90 Å². The molecule has 0 spiro atoms. The zero-order valence-corrected chi connectivity index (χ0v) is 13.7. The van der Waals surface area contributed by atoms with Gasteiger partial charge in [0.25, 0.3) is 5.91 Å². The summed E-state index contributed by atoms with van der Waals surface area (Å²) in [6, 6.07) is 12.9. The second-order valence-corrected chi connectivity index (χ2v) is 5.91. The number of carbonyl (C=O) groups is 1. The number of rotatable bonds is 4. The van der Waals surface area contributed by atoms with E-state index >= 15 is 0 Å². The molecule has 6 heteroatoms. The molecule has 0 fully saturated rings. The largest absolute Gasteiger partial charge is 0.307 e. The summed E-state index contributed by atoms with van der Waals surface area (Å²) in [4.78, 5) is 18.4. The van der Waals surface area contributed by atoms with E-state index in [2.05, 4.69) is 4.98 Å². The van der Waals surface area contributed by atoms with Gasteiger partial charge in [-0.3, -0.25) is 4.79 Å². The fourth-order valence-electron chi connectivity index (χ4n) is 2.32. The van der Waals surface area contributed by atoms with Gasteiger partial charge in [0.2, 0.25) is 0 Å². The number of halogens is 2. The van der Waals surface area contributed by atoms with E-state index in [9.17, 15) is 13.6 Å². The van der Waals surface area contributed by atoms with Crippen LogP contribution in [0.15, 0.2) is 53.9 Å². The van der Waals surface area contributed by atoms with Crippen molar-refractivity contribution in [2.45, 2.75) is 6.92 Å². The molecular formula is C18H14F2N2OS. The van der Waals surface area contributed by atoms with Gasteiger partial charge in [-0.2, -0.15) is 0 Å². The molecule has 1 amide bonds. The van der Waals surface area contributed by atoms with E-state index in [4.69, 9.17) is 0 Å². The number of hydrogen-bond donors (Lipinski definition) is 0. The van der Waals surface area contributed by atoms with Crippen LogP contribution in [0.4, 0.5) is 14.5 Å². The molecule has 0 aliphatic heterocycles. The summed E-state index contributed by atoms with van der Waals surface area (Å²) in [6.07, 6.45) is 0. The summed E-state index contributed by atoms with van der Waals surface area (Å²) in [5.41, 5.74) is 1.51. The quantitative estimate of drug-likeness (QED) is 0.684. The van der Waals surface area contributed by atoms with Crippen molar-refractivity contribution in [1.29, 1.82) is 0 Å². The molecule has 0 unspecified atom stereocenters. The lowest BCUT2D eigenvalue weighted by atomic mass is 10.2. The molecule has 3 aromatic rings. The monoisotopic (exact) mass is 344 g/mol. The summed E-state index contributed by atoms with van der Waals surface area (Å²) < 4.78 is 26.5. The molecule has 3 nitrogen and oxygen atoms in total. The Labute approximate surface area is 142 Å². The molecule has 0 saturated heterocycles. The van der Waals surface area contributed by atoms with Gasteiger partial charge in [-0.15, -0.1) is 11.3 Å².